The van der Waals surface area contributed by atoms with E-state index in [4.69, 9.17) is 9.47 Å². The minimum absolute atomic E-state index is 0.186. The first-order valence-corrected chi connectivity index (χ1v) is 10.2. The van der Waals surface area contributed by atoms with Crippen molar-refractivity contribution in [3.8, 4) is 0 Å². The first-order chi connectivity index (χ1) is 12.8. The van der Waals surface area contributed by atoms with Crippen molar-refractivity contribution in [3.05, 3.63) is 0 Å². The molecule has 0 aromatic carbocycles. The maximum atomic E-state index is 13.4. The number of carbonyl (C=O) groups is 1. The molecule has 5 rings (SSSR count). The van der Waals surface area contributed by atoms with E-state index in [9.17, 15) is 23.1 Å². The van der Waals surface area contributed by atoms with Gasteiger partial charge >= 0.3 is 12.1 Å². The highest BCUT2D eigenvalue weighted by Gasteiger charge is 2.71. The minimum Gasteiger partial charge on any atom is -0.459 e. The van der Waals surface area contributed by atoms with Gasteiger partial charge in [0.1, 0.15) is 5.60 Å². The van der Waals surface area contributed by atoms with E-state index in [-0.39, 0.29) is 17.8 Å². The number of hydrogen-bond donors (Lipinski definition) is 1. The average Bonchev–Trinajstić information content (AvgIpc) is 2.58. The lowest BCUT2D eigenvalue weighted by atomic mass is 9.47. The Balaban J connectivity index is 1.60. The molecule has 0 radical (unpaired) electrons. The van der Waals surface area contributed by atoms with E-state index in [0.29, 0.717) is 25.2 Å². The molecule has 8 heteroatoms. The summed E-state index contributed by atoms with van der Waals surface area (Å²) in [7, 11) is 0. The first-order valence-electron chi connectivity index (χ1n) is 10.2. The number of esters is 1. The third-order valence-electron chi connectivity index (χ3n) is 7.85. The maximum Gasteiger partial charge on any atom is 0.443 e. The van der Waals surface area contributed by atoms with Gasteiger partial charge in [-0.3, -0.25) is 4.79 Å². The second kappa shape index (κ2) is 6.08. The molecule has 5 aliphatic rings. The monoisotopic (exact) mass is 406 g/mol. The van der Waals surface area contributed by atoms with Gasteiger partial charge in [0.05, 0.1) is 11.0 Å². The van der Waals surface area contributed by atoms with E-state index in [2.05, 4.69) is 4.74 Å². The van der Waals surface area contributed by atoms with Crippen LogP contribution in [0.25, 0.3) is 0 Å². The van der Waals surface area contributed by atoms with Gasteiger partial charge < -0.3 is 19.3 Å². The zero-order valence-corrected chi connectivity index (χ0v) is 16.6. The zero-order valence-electron chi connectivity index (χ0n) is 16.6. The quantitative estimate of drug-likeness (QED) is 0.720. The van der Waals surface area contributed by atoms with Crippen LogP contribution < -0.4 is 0 Å². The van der Waals surface area contributed by atoms with Gasteiger partial charge in [-0.2, -0.15) is 13.2 Å². The molecule has 3 unspecified atom stereocenters. The van der Waals surface area contributed by atoms with Crippen molar-refractivity contribution < 1.29 is 37.3 Å². The molecule has 1 heterocycles. The SMILES string of the molecule is CCC(C)(C)C(=O)OC12CC3CC(C1)C1(CC(O)(C(F)(F)F)OCO1)C(C3)C2. The van der Waals surface area contributed by atoms with Crippen LogP contribution in [0.15, 0.2) is 0 Å². The first kappa shape index (κ1) is 20.4. The van der Waals surface area contributed by atoms with Crippen LogP contribution in [0.1, 0.15) is 65.7 Å². The van der Waals surface area contributed by atoms with Crippen LogP contribution in [-0.2, 0) is 19.0 Å². The fourth-order valence-electron chi connectivity index (χ4n) is 6.01. The molecule has 4 bridgehead atoms. The molecule has 0 aromatic heterocycles. The summed E-state index contributed by atoms with van der Waals surface area (Å²) >= 11 is 0. The molecular formula is C20H29F3O5. The summed E-state index contributed by atoms with van der Waals surface area (Å²) in [6.07, 6.45) is -1.63. The zero-order chi connectivity index (χ0) is 20.6. The minimum atomic E-state index is -4.88. The van der Waals surface area contributed by atoms with Crippen molar-refractivity contribution >= 4 is 5.97 Å². The fraction of sp³-hybridized carbons (Fsp3) is 0.950. The van der Waals surface area contributed by atoms with Gasteiger partial charge in [0.15, 0.2) is 6.79 Å². The summed E-state index contributed by atoms with van der Waals surface area (Å²) in [5, 5.41) is 10.2. The van der Waals surface area contributed by atoms with Crippen LogP contribution in [0.4, 0.5) is 13.2 Å². The van der Waals surface area contributed by atoms with Gasteiger partial charge in [-0.15, -0.1) is 0 Å². The van der Waals surface area contributed by atoms with E-state index >= 15 is 0 Å². The van der Waals surface area contributed by atoms with Crippen LogP contribution in [0, 0.1) is 23.2 Å². The molecule has 1 spiro atoms. The standard InChI is InChI=1S/C20H29F3O5/c1-4-16(2,3)15(24)28-17-7-12-5-13(8-17)18(14(6-12)9-17)10-19(25,20(21,22)23)27-11-26-18/h12-14,25H,4-11H2,1-3H3. The Kier molecular flexibility index (Phi) is 4.43. The summed E-state index contributed by atoms with van der Waals surface area (Å²) in [5.74, 6) is -3.49. The number of alkyl halides is 3. The number of halogens is 3. The third-order valence-corrected chi connectivity index (χ3v) is 7.85. The summed E-state index contributed by atoms with van der Waals surface area (Å²) in [6, 6.07) is 0. The molecule has 160 valence electrons. The van der Waals surface area contributed by atoms with Crippen molar-refractivity contribution in [2.24, 2.45) is 23.2 Å². The van der Waals surface area contributed by atoms with Crippen LogP contribution in [0.2, 0.25) is 0 Å². The third kappa shape index (κ3) is 2.89. The van der Waals surface area contributed by atoms with Crippen molar-refractivity contribution in [2.45, 2.75) is 88.9 Å². The van der Waals surface area contributed by atoms with Crippen LogP contribution in [-0.4, -0.2) is 41.0 Å². The highest BCUT2D eigenvalue weighted by Crippen LogP contribution is 2.65. The van der Waals surface area contributed by atoms with Crippen LogP contribution >= 0.6 is 0 Å². The summed E-state index contributed by atoms with van der Waals surface area (Å²) in [4.78, 5) is 12.7. The maximum absolute atomic E-state index is 13.4. The van der Waals surface area contributed by atoms with E-state index in [1.165, 1.54) is 0 Å². The summed E-state index contributed by atoms with van der Waals surface area (Å²) in [5.41, 5.74) is -2.29. The highest BCUT2D eigenvalue weighted by molar-refractivity contribution is 5.76. The predicted molar refractivity (Wildman–Crippen MR) is 91.8 cm³/mol. The van der Waals surface area contributed by atoms with Crippen molar-refractivity contribution in [1.29, 1.82) is 0 Å². The van der Waals surface area contributed by atoms with Crippen molar-refractivity contribution in [1.82, 2.24) is 0 Å². The Morgan fingerprint density at radius 1 is 1.14 bits per heavy atom. The Morgan fingerprint density at radius 2 is 1.75 bits per heavy atom. The average molecular weight is 406 g/mol. The Hall–Kier alpha value is -0.860. The molecule has 28 heavy (non-hydrogen) atoms. The lowest BCUT2D eigenvalue weighted by Gasteiger charge is -2.66. The normalized spacial score (nSPS) is 45.5. The second-order valence-corrected chi connectivity index (χ2v) is 9.97. The molecule has 4 saturated carbocycles. The van der Waals surface area contributed by atoms with Crippen LogP contribution in [0.5, 0.6) is 0 Å². The number of carbonyl (C=O) groups excluding carboxylic acids is 1. The van der Waals surface area contributed by atoms with E-state index < -0.39 is 41.8 Å². The molecule has 3 atom stereocenters. The largest absolute Gasteiger partial charge is 0.459 e. The summed E-state index contributed by atoms with van der Waals surface area (Å²) in [6.45, 7) is 5.05. The molecule has 1 N–H and O–H groups in total. The lowest BCUT2D eigenvalue weighted by Crippen LogP contribution is -2.70. The van der Waals surface area contributed by atoms with Gasteiger partial charge in [0.2, 0.25) is 0 Å². The van der Waals surface area contributed by atoms with Gasteiger partial charge in [0.25, 0.3) is 5.79 Å². The highest BCUT2D eigenvalue weighted by atomic mass is 19.4. The number of rotatable bonds is 3. The topological polar surface area (TPSA) is 65.0 Å². The Morgan fingerprint density at radius 3 is 2.29 bits per heavy atom. The van der Waals surface area contributed by atoms with E-state index in [0.717, 1.165) is 19.3 Å². The molecule has 1 aliphatic heterocycles. The smallest absolute Gasteiger partial charge is 0.443 e. The molecule has 4 aliphatic carbocycles. The molecule has 1 saturated heterocycles. The Labute approximate surface area is 162 Å². The number of aliphatic hydroxyl groups is 1. The van der Waals surface area contributed by atoms with Gasteiger partial charge in [-0.25, -0.2) is 0 Å². The fourth-order valence-corrected chi connectivity index (χ4v) is 6.01. The lowest BCUT2D eigenvalue weighted by molar-refractivity contribution is -0.444. The molecular weight excluding hydrogens is 377 g/mol. The Bertz CT molecular complexity index is 645. The molecule has 0 aromatic rings. The van der Waals surface area contributed by atoms with Crippen LogP contribution in [0.3, 0.4) is 0 Å². The molecule has 5 nitrogen and oxygen atoms in total. The summed E-state index contributed by atoms with van der Waals surface area (Å²) < 4.78 is 56.9. The van der Waals surface area contributed by atoms with Gasteiger partial charge in [-0.1, -0.05) is 6.92 Å². The predicted octanol–water partition coefficient (Wildman–Crippen LogP) is 3.93. The van der Waals surface area contributed by atoms with Gasteiger partial charge in [-0.05, 0) is 70.1 Å². The second-order valence-electron chi connectivity index (χ2n) is 9.97. The van der Waals surface area contributed by atoms with E-state index in [1.54, 1.807) is 0 Å². The number of hydrogen-bond acceptors (Lipinski definition) is 5. The number of ether oxygens (including phenoxy) is 3. The van der Waals surface area contributed by atoms with Crippen molar-refractivity contribution in [2.75, 3.05) is 6.79 Å². The van der Waals surface area contributed by atoms with Gasteiger partial charge in [0, 0.05) is 6.42 Å². The van der Waals surface area contributed by atoms with E-state index in [1.807, 2.05) is 20.8 Å². The molecule has 0 amide bonds. The molecule has 5 fully saturated rings. The van der Waals surface area contributed by atoms with Crippen molar-refractivity contribution in [3.63, 3.8) is 0 Å².